The molecule has 2 N–H and O–H groups in total. The Kier molecular flexibility index (Phi) is 5.36. The van der Waals surface area contributed by atoms with E-state index in [0.29, 0.717) is 23.2 Å². The molecule has 1 aliphatic rings. The molecule has 7 nitrogen and oxygen atoms in total. The Hall–Kier alpha value is -3.14. The van der Waals surface area contributed by atoms with E-state index in [2.05, 4.69) is 15.4 Å². The van der Waals surface area contributed by atoms with Crippen molar-refractivity contribution in [1.29, 1.82) is 0 Å². The maximum absolute atomic E-state index is 12.9. The summed E-state index contributed by atoms with van der Waals surface area (Å²) in [5.41, 5.74) is -0.983. The van der Waals surface area contributed by atoms with E-state index in [-0.39, 0.29) is 17.5 Å². The molecule has 0 atom stereocenters. The minimum Gasteiger partial charge on any atom is -0.494 e. The number of hydrogen-bond donors (Lipinski definition) is 2. The van der Waals surface area contributed by atoms with Crippen LogP contribution >= 0.6 is 0 Å². The van der Waals surface area contributed by atoms with Gasteiger partial charge < -0.3 is 15.2 Å². The molecule has 1 fully saturated rings. The Morgan fingerprint density at radius 3 is 2.56 bits per heavy atom. The van der Waals surface area contributed by atoms with Gasteiger partial charge in [-0.05, 0) is 44.7 Å². The van der Waals surface area contributed by atoms with Crippen molar-refractivity contribution < 1.29 is 27.8 Å². The van der Waals surface area contributed by atoms with E-state index in [4.69, 9.17) is 4.74 Å². The number of carbonyl (C=O) groups excluding carboxylic acids is 1. The van der Waals surface area contributed by atoms with E-state index in [1.54, 1.807) is 26.0 Å². The predicted octanol–water partition coefficient (Wildman–Crippen LogP) is 4.43. The molecule has 32 heavy (non-hydrogen) atoms. The number of halogens is 3. The summed E-state index contributed by atoms with van der Waals surface area (Å²) in [4.78, 5) is 16.1. The van der Waals surface area contributed by atoms with Gasteiger partial charge in [0.25, 0.3) is 5.91 Å². The molecular weight excluding hydrogens is 425 g/mol. The van der Waals surface area contributed by atoms with Crippen molar-refractivity contribution in [2.45, 2.75) is 44.5 Å². The van der Waals surface area contributed by atoms with Crippen molar-refractivity contribution in [3.8, 4) is 5.75 Å². The smallest absolute Gasteiger partial charge is 0.417 e. The fraction of sp³-hybridized carbons (Fsp3) is 0.409. The molecule has 3 aromatic rings. The van der Waals surface area contributed by atoms with Crippen LogP contribution < -0.4 is 10.1 Å². The summed E-state index contributed by atoms with van der Waals surface area (Å²) in [6.45, 7) is 3.60. The number of rotatable bonds is 5. The normalized spacial score (nSPS) is 19.0. The first-order chi connectivity index (χ1) is 15.0. The fourth-order valence-electron chi connectivity index (χ4n) is 3.82. The molecule has 1 aliphatic carbocycles. The zero-order chi connectivity index (χ0) is 23.3. The topological polar surface area (TPSA) is 89.3 Å². The van der Waals surface area contributed by atoms with Crippen LogP contribution in [0.15, 0.2) is 36.8 Å². The zero-order valence-corrected chi connectivity index (χ0v) is 17.8. The van der Waals surface area contributed by atoms with Gasteiger partial charge in [-0.2, -0.15) is 18.3 Å². The van der Waals surface area contributed by atoms with E-state index in [1.165, 1.54) is 7.11 Å². The summed E-state index contributed by atoms with van der Waals surface area (Å²) in [5.74, 6) is -0.204. The molecule has 170 valence electrons. The van der Waals surface area contributed by atoms with Crippen LogP contribution in [0.1, 0.15) is 48.7 Å². The lowest BCUT2D eigenvalue weighted by molar-refractivity contribution is -0.137. The number of amides is 1. The van der Waals surface area contributed by atoms with Gasteiger partial charge in [-0.1, -0.05) is 0 Å². The van der Waals surface area contributed by atoms with Gasteiger partial charge in [-0.15, -0.1) is 0 Å². The van der Waals surface area contributed by atoms with Crippen molar-refractivity contribution in [2.24, 2.45) is 5.92 Å². The number of carbonyl (C=O) groups is 1. The monoisotopic (exact) mass is 448 g/mol. The van der Waals surface area contributed by atoms with Crippen LogP contribution in [0.25, 0.3) is 10.9 Å². The number of fused-ring (bicyclic) bond motifs is 1. The van der Waals surface area contributed by atoms with Crippen molar-refractivity contribution in [1.82, 2.24) is 14.8 Å². The van der Waals surface area contributed by atoms with Gasteiger partial charge >= 0.3 is 6.18 Å². The number of nitrogens with zero attached hydrogens (tertiary/aromatic N) is 3. The number of aromatic nitrogens is 3. The first-order valence-electron chi connectivity index (χ1n) is 10.1. The van der Waals surface area contributed by atoms with E-state index in [9.17, 15) is 23.1 Å². The highest BCUT2D eigenvalue weighted by molar-refractivity contribution is 6.06. The number of nitrogens with one attached hydrogen (secondary N) is 1. The van der Waals surface area contributed by atoms with Crippen LogP contribution in [0.3, 0.4) is 0 Å². The van der Waals surface area contributed by atoms with Gasteiger partial charge in [0.2, 0.25) is 0 Å². The Bertz CT molecular complexity index is 1160. The number of methoxy groups -OCH3 is 1. The second-order valence-corrected chi connectivity index (χ2v) is 8.61. The second kappa shape index (κ2) is 7.77. The molecule has 2 heterocycles. The molecule has 0 bridgehead atoms. The molecule has 4 rings (SSSR count). The molecule has 0 unspecified atom stereocenters. The summed E-state index contributed by atoms with van der Waals surface area (Å²) < 4.78 is 46.0. The van der Waals surface area contributed by atoms with Crippen LogP contribution in [0, 0.1) is 5.92 Å². The average Bonchev–Trinajstić information content (AvgIpc) is 3.06. The van der Waals surface area contributed by atoms with Gasteiger partial charge in [0, 0.05) is 30.0 Å². The number of aliphatic hydroxyl groups is 1. The Labute approximate surface area is 182 Å². The lowest BCUT2D eigenvalue weighted by Gasteiger charge is -2.42. The van der Waals surface area contributed by atoms with Gasteiger partial charge in [0.1, 0.15) is 5.75 Å². The lowest BCUT2D eigenvalue weighted by atomic mass is 9.71. The van der Waals surface area contributed by atoms with Crippen molar-refractivity contribution in [2.75, 3.05) is 12.4 Å². The molecule has 2 aromatic heterocycles. The van der Waals surface area contributed by atoms with Gasteiger partial charge in [-0.25, -0.2) is 0 Å². The number of pyridine rings is 1. The number of alkyl halides is 3. The third-order valence-electron chi connectivity index (χ3n) is 5.91. The highest BCUT2D eigenvalue weighted by Crippen LogP contribution is 2.44. The Balaban J connectivity index is 1.57. The summed E-state index contributed by atoms with van der Waals surface area (Å²) in [6, 6.07) is 4.25. The average molecular weight is 448 g/mol. The lowest BCUT2D eigenvalue weighted by Crippen LogP contribution is -2.41. The molecule has 1 aromatic carbocycles. The van der Waals surface area contributed by atoms with Crippen LogP contribution in [0.5, 0.6) is 5.75 Å². The van der Waals surface area contributed by atoms with Crippen molar-refractivity contribution in [3.05, 3.63) is 47.9 Å². The summed E-state index contributed by atoms with van der Waals surface area (Å²) in [7, 11) is 1.43. The largest absolute Gasteiger partial charge is 0.494 e. The molecule has 10 heteroatoms. The third-order valence-corrected chi connectivity index (χ3v) is 5.91. The Morgan fingerprint density at radius 1 is 1.22 bits per heavy atom. The van der Waals surface area contributed by atoms with Crippen LogP contribution in [-0.4, -0.2) is 38.5 Å². The molecule has 0 aliphatic heterocycles. The van der Waals surface area contributed by atoms with Crippen LogP contribution in [0.2, 0.25) is 0 Å². The minimum absolute atomic E-state index is 0.166. The van der Waals surface area contributed by atoms with E-state index in [0.717, 1.165) is 30.5 Å². The van der Waals surface area contributed by atoms with E-state index < -0.39 is 23.2 Å². The highest BCUT2D eigenvalue weighted by atomic mass is 19.4. The van der Waals surface area contributed by atoms with E-state index >= 15 is 0 Å². The maximum Gasteiger partial charge on any atom is 0.417 e. The van der Waals surface area contributed by atoms with Crippen LogP contribution in [-0.2, 0) is 6.18 Å². The molecule has 0 radical (unpaired) electrons. The quantitative estimate of drug-likeness (QED) is 0.603. The number of anilines is 1. The predicted molar refractivity (Wildman–Crippen MR) is 112 cm³/mol. The standard InChI is InChI=1S/C22H23F3N4O3/c1-21(2,31)14-6-16(7-14)29-11-13-5-18(19(32-3)8-17(13)28-29)27-20(30)12-4-15(10-26-9-12)22(23,24)25/h4-5,8-11,14,16,31H,6-7H2,1-3H3,(H,27,30). The summed E-state index contributed by atoms with van der Waals surface area (Å²) >= 11 is 0. The SMILES string of the molecule is COc1cc2nn(C3CC(C(C)(C)O)C3)cc2cc1NC(=O)c1cncc(C(F)(F)F)c1. The molecule has 0 saturated heterocycles. The van der Waals surface area contributed by atoms with Gasteiger partial charge in [0.15, 0.2) is 0 Å². The number of hydrogen-bond acceptors (Lipinski definition) is 5. The minimum atomic E-state index is -4.60. The fourth-order valence-corrected chi connectivity index (χ4v) is 3.82. The summed E-state index contributed by atoms with van der Waals surface area (Å²) in [6.07, 6.45) is 0.604. The molecule has 1 saturated carbocycles. The third kappa shape index (κ3) is 4.27. The number of benzene rings is 1. The maximum atomic E-state index is 12.9. The summed E-state index contributed by atoms with van der Waals surface area (Å²) in [5, 5.41) is 18.1. The zero-order valence-electron chi connectivity index (χ0n) is 17.8. The van der Waals surface area contributed by atoms with Crippen molar-refractivity contribution in [3.63, 3.8) is 0 Å². The second-order valence-electron chi connectivity index (χ2n) is 8.61. The van der Waals surface area contributed by atoms with Gasteiger partial charge in [0.05, 0.1) is 41.1 Å². The highest BCUT2D eigenvalue weighted by Gasteiger charge is 2.40. The van der Waals surface area contributed by atoms with E-state index in [1.807, 2.05) is 10.9 Å². The first-order valence-corrected chi connectivity index (χ1v) is 10.1. The molecule has 0 spiro atoms. The number of ether oxygens (including phenoxy) is 1. The molecule has 1 amide bonds. The van der Waals surface area contributed by atoms with Crippen LogP contribution in [0.4, 0.5) is 18.9 Å². The first kappa shape index (κ1) is 22.1. The Morgan fingerprint density at radius 2 is 1.94 bits per heavy atom. The van der Waals surface area contributed by atoms with Crippen molar-refractivity contribution >= 4 is 22.5 Å². The van der Waals surface area contributed by atoms with Gasteiger partial charge in [-0.3, -0.25) is 14.5 Å². The molecular formula is C22H23F3N4O3.